The molecule has 1 saturated carbocycles. The minimum Gasteiger partial charge on any atom is -0.389 e. The highest BCUT2D eigenvalue weighted by atomic mass is 16.5. The van der Waals surface area contributed by atoms with Gasteiger partial charge in [0, 0.05) is 19.6 Å². The van der Waals surface area contributed by atoms with Gasteiger partial charge in [0.2, 0.25) is 0 Å². The van der Waals surface area contributed by atoms with E-state index in [2.05, 4.69) is 6.92 Å². The van der Waals surface area contributed by atoms with E-state index in [0.717, 1.165) is 32.3 Å². The van der Waals surface area contributed by atoms with E-state index in [1.165, 1.54) is 25.7 Å². The molecular formula is C15H26O3. The first-order valence-electron chi connectivity index (χ1n) is 7.60. The molecule has 0 aromatic rings. The standard InChI is InChI=1S/C15H26O3/c1-12-10-15(16,7-9-17-12)13-4-8-18-14(11-13)5-2-3-6-14/h12-13,16H,2-11H2,1H3. The van der Waals surface area contributed by atoms with Crippen LogP contribution in [0.3, 0.4) is 0 Å². The van der Waals surface area contributed by atoms with Crippen molar-refractivity contribution in [2.75, 3.05) is 13.2 Å². The first kappa shape index (κ1) is 12.9. The molecule has 3 heteroatoms. The van der Waals surface area contributed by atoms with Crippen molar-refractivity contribution in [1.82, 2.24) is 0 Å². The Morgan fingerprint density at radius 3 is 2.56 bits per heavy atom. The molecule has 3 fully saturated rings. The normalized spacial score (nSPS) is 44.3. The monoisotopic (exact) mass is 254 g/mol. The van der Waals surface area contributed by atoms with Gasteiger partial charge >= 0.3 is 0 Å². The van der Waals surface area contributed by atoms with Gasteiger partial charge in [0.25, 0.3) is 0 Å². The van der Waals surface area contributed by atoms with Crippen molar-refractivity contribution >= 4 is 0 Å². The van der Waals surface area contributed by atoms with E-state index in [1.807, 2.05) is 0 Å². The molecule has 3 aliphatic rings. The second-order valence-corrected chi connectivity index (χ2v) is 6.67. The second-order valence-electron chi connectivity index (χ2n) is 6.67. The molecule has 104 valence electrons. The highest BCUT2D eigenvalue weighted by molar-refractivity contribution is 4.99. The lowest BCUT2D eigenvalue weighted by Crippen LogP contribution is -2.51. The zero-order valence-corrected chi connectivity index (χ0v) is 11.5. The van der Waals surface area contributed by atoms with Crippen LogP contribution in [0.5, 0.6) is 0 Å². The van der Waals surface area contributed by atoms with Gasteiger partial charge in [-0.2, -0.15) is 0 Å². The minimum atomic E-state index is -0.503. The first-order valence-corrected chi connectivity index (χ1v) is 7.60. The van der Waals surface area contributed by atoms with E-state index >= 15 is 0 Å². The van der Waals surface area contributed by atoms with Gasteiger partial charge in [0.1, 0.15) is 0 Å². The average molecular weight is 254 g/mol. The summed E-state index contributed by atoms with van der Waals surface area (Å²) in [5.74, 6) is 0.413. The van der Waals surface area contributed by atoms with Gasteiger partial charge in [-0.15, -0.1) is 0 Å². The third-order valence-corrected chi connectivity index (χ3v) is 5.35. The molecule has 18 heavy (non-hydrogen) atoms. The van der Waals surface area contributed by atoms with Crippen molar-refractivity contribution in [3.63, 3.8) is 0 Å². The number of aliphatic hydroxyl groups is 1. The highest BCUT2D eigenvalue weighted by Gasteiger charge is 2.48. The Labute approximate surface area is 110 Å². The molecule has 1 spiro atoms. The summed E-state index contributed by atoms with van der Waals surface area (Å²) in [6.07, 6.45) is 8.88. The van der Waals surface area contributed by atoms with Gasteiger partial charge in [-0.1, -0.05) is 12.8 Å². The van der Waals surface area contributed by atoms with E-state index in [9.17, 15) is 5.11 Å². The molecule has 0 bridgehead atoms. The van der Waals surface area contributed by atoms with Crippen LogP contribution >= 0.6 is 0 Å². The highest BCUT2D eigenvalue weighted by Crippen LogP contribution is 2.47. The summed E-state index contributed by atoms with van der Waals surface area (Å²) in [6, 6.07) is 0. The summed E-state index contributed by atoms with van der Waals surface area (Å²) in [5.41, 5.74) is -0.392. The van der Waals surface area contributed by atoms with Gasteiger partial charge in [-0.25, -0.2) is 0 Å². The minimum absolute atomic E-state index is 0.111. The smallest absolute Gasteiger partial charge is 0.0724 e. The maximum absolute atomic E-state index is 11.0. The first-order chi connectivity index (χ1) is 8.62. The van der Waals surface area contributed by atoms with Crippen molar-refractivity contribution in [3.05, 3.63) is 0 Å². The fourth-order valence-electron chi connectivity index (χ4n) is 4.32. The lowest BCUT2D eigenvalue weighted by Gasteiger charge is -2.47. The summed E-state index contributed by atoms with van der Waals surface area (Å²) in [4.78, 5) is 0. The molecule has 3 nitrogen and oxygen atoms in total. The lowest BCUT2D eigenvalue weighted by molar-refractivity contribution is -0.176. The Bertz CT molecular complexity index is 298. The summed E-state index contributed by atoms with van der Waals surface area (Å²) in [6.45, 7) is 3.62. The van der Waals surface area contributed by atoms with Crippen LogP contribution in [0, 0.1) is 5.92 Å². The molecule has 3 rings (SSSR count). The van der Waals surface area contributed by atoms with Crippen molar-refractivity contribution in [2.45, 2.75) is 75.6 Å². The van der Waals surface area contributed by atoms with Crippen LogP contribution in [0.2, 0.25) is 0 Å². The molecule has 0 aromatic carbocycles. The molecule has 2 saturated heterocycles. The van der Waals surface area contributed by atoms with Crippen molar-refractivity contribution in [3.8, 4) is 0 Å². The molecule has 2 aliphatic heterocycles. The largest absolute Gasteiger partial charge is 0.389 e. The lowest BCUT2D eigenvalue weighted by atomic mass is 9.71. The van der Waals surface area contributed by atoms with Gasteiger partial charge in [0.15, 0.2) is 0 Å². The maximum atomic E-state index is 11.0. The van der Waals surface area contributed by atoms with Gasteiger partial charge in [-0.3, -0.25) is 0 Å². The zero-order valence-electron chi connectivity index (χ0n) is 11.5. The second kappa shape index (κ2) is 4.77. The predicted octanol–water partition coefficient (Wildman–Crippen LogP) is 2.66. The summed E-state index contributed by atoms with van der Waals surface area (Å²) >= 11 is 0. The fourth-order valence-corrected chi connectivity index (χ4v) is 4.32. The average Bonchev–Trinajstić information content (AvgIpc) is 2.77. The Morgan fingerprint density at radius 1 is 1.06 bits per heavy atom. The summed E-state index contributed by atoms with van der Waals surface area (Å²) < 4.78 is 11.7. The van der Waals surface area contributed by atoms with Crippen LogP contribution in [-0.4, -0.2) is 35.6 Å². The molecule has 0 aromatic heterocycles. The quantitative estimate of drug-likeness (QED) is 0.782. The van der Waals surface area contributed by atoms with Crippen molar-refractivity contribution < 1.29 is 14.6 Å². The van der Waals surface area contributed by atoms with Crippen LogP contribution in [0.15, 0.2) is 0 Å². The SMILES string of the molecule is CC1CC(O)(C2CCOC3(CCCC3)C2)CCO1. The maximum Gasteiger partial charge on any atom is 0.0724 e. The molecule has 1 aliphatic carbocycles. The molecule has 0 radical (unpaired) electrons. The summed E-state index contributed by atoms with van der Waals surface area (Å²) in [7, 11) is 0. The van der Waals surface area contributed by atoms with Crippen LogP contribution in [-0.2, 0) is 9.47 Å². The molecule has 3 unspecified atom stereocenters. The molecule has 1 N–H and O–H groups in total. The molecule has 0 amide bonds. The number of hydrogen-bond donors (Lipinski definition) is 1. The number of rotatable bonds is 1. The molecule has 2 heterocycles. The van der Waals surface area contributed by atoms with Crippen molar-refractivity contribution in [1.29, 1.82) is 0 Å². The number of hydrogen-bond acceptors (Lipinski definition) is 3. The third-order valence-electron chi connectivity index (χ3n) is 5.35. The predicted molar refractivity (Wildman–Crippen MR) is 69.5 cm³/mol. The Morgan fingerprint density at radius 2 is 1.83 bits per heavy atom. The number of ether oxygens (including phenoxy) is 2. The zero-order chi connectivity index (χ0) is 12.6. The summed E-state index contributed by atoms with van der Waals surface area (Å²) in [5, 5.41) is 11.0. The van der Waals surface area contributed by atoms with Crippen LogP contribution < -0.4 is 0 Å². The molecule has 3 atom stereocenters. The Balaban J connectivity index is 1.71. The van der Waals surface area contributed by atoms with E-state index in [-0.39, 0.29) is 11.7 Å². The fraction of sp³-hybridized carbons (Fsp3) is 1.00. The van der Waals surface area contributed by atoms with Crippen molar-refractivity contribution in [2.24, 2.45) is 5.92 Å². The molecular weight excluding hydrogens is 228 g/mol. The van der Waals surface area contributed by atoms with E-state index in [4.69, 9.17) is 9.47 Å². The van der Waals surface area contributed by atoms with Gasteiger partial charge < -0.3 is 14.6 Å². The van der Waals surface area contributed by atoms with E-state index < -0.39 is 5.60 Å². The van der Waals surface area contributed by atoms with E-state index in [1.54, 1.807) is 0 Å². The Hall–Kier alpha value is -0.120. The third kappa shape index (κ3) is 2.33. The van der Waals surface area contributed by atoms with Gasteiger partial charge in [0.05, 0.1) is 17.3 Å². The van der Waals surface area contributed by atoms with Crippen LogP contribution in [0.1, 0.15) is 58.3 Å². The topological polar surface area (TPSA) is 38.7 Å². The van der Waals surface area contributed by atoms with E-state index in [0.29, 0.717) is 12.5 Å². The van der Waals surface area contributed by atoms with Crippen LogP contribution in [0.25, 0.3) is 0 Å². The van der Waals surface area contributed by atoms with Crippen LogP contribution in [0.4, 0.5) is 0 Å². The Kier molecular flexibility index (Phi) is 3.41. The van der Waals surface area contributed by atoms with Gasteiger partial charge in [-0.05, 0) is 44.9 Å².